The summed E-state index contributed by atoms with van der Waals surface area (Å²) in [6, 6.07) is 20.8. The molecule has 0 fully saturated rings. The van der Waals surface area contributed by atoms with Crippen LogP contribution < -0.4 is 0 Å². The van der Waals surface area contributed by atoms with Gasteiger partial charge in [-0.2, -0.15) is 5.26 Å². The zero-order valence-corrected chi connectivity index (χ0v) is 14.3. The molecular weight excluding hydrogens is 350 g/mol. The van der Waals surface area contributed by atoms with Crippen molar-refractivity contribution >= 4 is 21.2 Å². The molecule has 0 aliphatic carbocycles. The summed E-state index contributed by atoms with van der Waals surface area (Å²) in [4.78, 5) is 12.3. The molecule has 0 saturated carbocycles. The molecule has 6 heteroatoms. The minimum absolute atomic E-state index is 0.0197. The lowest BCUT2D eigenvalue weighted by molar-refractivity contribution is 0.104. The molecule has 0 aliphatic heterocycles. The van der Waals surface area contributed by atoms with Gasteiger partial charge in [0.25, 0.3) is 0 Å². The second-order valence-corrected chi connectivity index (χ2v) is 7.22. The summed E-state index contributed by atoms with van der Waals surface area (Å²) in [5.74, 6) is -0.350. The molecule has 0 aliphatic rings. The van der Waals surface area contributed by atoms with Crippen LogP contribution in [-0.2, 0) is 9.84 Å². The molecule has 0 N–H and O–H groups in total. The van der Waals surface area contributed by atoms with Crippen LogP contribution in [0.1, 0.15) is 16.1 Å². The zero-order valence-electron chi connectivity index (χ0n) is 13.5. The van der Waals surface area contributed by atoms with Crippen molar-refractivity contribution in [1.82, 2.24) is 0 Å². The highest BCUT2D eigenvalue weighted by Crippen LogP contribution is 2.26. The molecule has 1 aromatic heterocycles. The average Bonchev–Trinajstić information content (AvgIpc) is 3.18. The predicted octanol–water partition coefficient (Wildman–Crippen LogP) is 3.90. The summed E-state index contributed by atoms with van der Waals surface area (Å²) in [6.45, 7) is 0. The third kappa shape index (κ3) is 3.48. The molecule has 0 atom stereocenters. The van der Waals surface area contributed by atoms with Gasteiger partial charge in [-0.05, 0) is 24.3 Å². The predicted molar refractivity (Wildman–Crippen MR) is 95.0 cm³/mol. The lowest BCUT2D eigenvalue weighted by Crippen LogP contribution is -2.00. The van der Waals surface area contributed by atoms with Crippen LogP contribution in [0.5, 0.6) is 0 Å². The molecule has 3 rings (SSSR count). The molecule has 128 valence electrons. The van der Waals surface area contributed by atoms with Crippen LogP contribution in [0.2, 0.25) is 0 Å². The van der Waals surface area contributed by atoms with E-state index in [9.17, 15) is 18.5 Å². The molecular formula is C20H13NO4S. The highest BCUT2D eigenvalue weighted by atomic mass is 32.2. The number of nitriles is 1. The number of ketones is 1. The van der Waals surface area contributed by atoms with Crippen molar-refractivity contribution in [3.63, 3.8) is 0 Å². The van der Waals surface area contributed by atoms with Crippen LogP contribution in [0.15, 0.2) is 93.3 Å². The number of nitrogens with zero attached hydrogens (tertiary/aromatic N) is 1. The quantitative estimate of drug-likeness (QED) is 0.390. The first-order chi connectivity index (χ1) is 12.5. The summed E-state index contributed by atoms with van der Waals surface area (Å²) in [5, 5.41) is 9.04. The Hall–Kier alpha value is -3.43. The Balaban J connectivity index is 1.95. The average molecular weight is 363 g/mol. The van der Waals surface area contributed by atoms with E-state index in [1.165, 1.54) is 24.3 Å². The van der Waals surface area contributed by atoms with Crippen molar-refractivity contribution < 1.29 is 17.6 Å². The van der Waals surface area contributed by atoms with Crippen LogP contribution in [0.3, 0.4) is 0 Å². The number of carbonyl (C=O) groups excluding carboxylic acids is 1. The molecule has 0 radical (unpaired) electrons. The second kappa shape index (κ2) is 7.21. The van der Waals surface area contributed by atoms with Crippen molar-refractivity contribution in [1.29, 1.82) is 5.26 Å². The number of benzene rings is 2. The number of hydrogen-bond acceptors (Lipinski definition) is 5. The van der Waals surface area contributed by atoms with Crippen LogP contribution in [0, 0.1) is 11.3 Å². The Morgan fingerprint density at radius 3 is 2.15 bits per heavy atom. The molecule has 2 aromatic carbocycles. The maximum atomic E-state index is 12.5. The van der Waals surface area contributed by atoms with Crippen LogP contribution in [0.4, 0.5) is 0 Å². The van der Waals surface area contributed by atoms with Gasteiger partial charge in [-0.3, -0.25) is 4.79 Å². The lowest BCUT2D eigenvalue weighted by Gasteiger charge is -2.00. The van der Waals surface area contributed by atoms with Gasteiger partial charge < -0.3 is 4.42 Å². The fraction of sp³-hybridized carbons (Fsp3) is 0. The minimum Gasteiger partial charge on any atom is -0.444 e. The number of rotatable bonds is 5. The first kappa shape index (κ1) is 17.4. The molecule has 0 amide bonds. The monoisotopic (exact) mass is 363 g/mol. The Morgan fingerprint density at radius 2 is 1.54 bits per heavy atom. The maximum absolute atomic E-state index is 12.5. The van der Waals surface area contributed by atoms with Crippen LogP contribution in [0.25, 0.3) is 5.57 Å². The SMILES string of the molecule is N#C/C(=C/C(=O)c1ccccc1)c1ccc(S(=O)(=O)c2ccccc2)o1. The van der Waals surface area contributed by atoms with Gasteiger partial charge in [0, 0.05) is 11.6 Å². The topological polar surface area (TPSA) is 88.1 Å². The maximum Gasteiger partial charge on any atom is 0.239 e. The van der Waals surface area contributed by atoms with Gasteiger partial charge in [0.1, 0.15) is 11.8 Å². The number of carbonyl (C=O) groups is 1. The Bertz CT molecular complexity index is 1110. The molecule has 0 spiro atoms. The molecule has 5 nitrogen and oxygen atoms in total. The van der Waals surface area contributed by atoms with E-state index < -0.39 is 9.84 Å². The smallest absolute Gasteiger partial charge is 0.239 e. The van der Waals surface area contributed by atoms with Crippen molar-refractivity contribution in [3.8, 4) is 6.07 Å². The summed E-state index contributed by atoms with van der Waals surface area (Å²) in [7, 11) is -3.83. The second-order valence-electron chi connectivity index (χ2n) is 5.34. The van der Waals surface area contributed by atoms with Gasteiger partial charge in [-0.25, -0.2) is 8.42 Å². The van der Waals surface area contributed by atoms with Crippen molar-refractivity contribution in [2.75, 3.05) is 0 Å². The van der Waals surface area contributed by atoms with Gasteiger partial charge >= 0.3 is 0 Å². The van der Waals surface area contributed by atoms with Gasteiger partial charge in [-0.15, -0.1) is 0 Å². The Kier molecular flexibility index (Phi) is 4.83. The number of hydrogen-bond donors (Lipinski definition) is 0. The van der Waals surface area contributed by atoms with Crippen molar-refractivity contribution in [2.24, 2.45) is 0 Å². The summed E-state index contributed by atoms with van der Waals surface area (Å²) in [6.07, 6.45) is 1.13. The molecule has 0 saturated heterocycles. The van der Waals surface area contributed by atoms with E-state index in [4.69, 9.17) is 4.42 Å². The molecule has 26 heavy (non-hydrogen) atoms. The van der Waals surface area contributed by atoms with Crippen molar-refractivity contribution in [3.05, 3.63) is 90.2 Å². The minimum atomic E-state index is -3.83. The fourth-order valence-electron chi connectivity index (χ4n) is 2.30. The Labute approximate surface area is 150 Å². The molecule has 3 aromatic rings. The number of allylic oxidation sites excluding steroid dienone is 2. The van der Waals surface area contributed by atoms with Gasteiger partial charge in [0.2, 0.25) is 14.9 Å². The third-order valence-electron chi connectivity index (χ3n) is 3.62. The van der Waals surface area contributed by atoms with E-state index in [1.54, 1.807) is 48.5 Å². The van der Waals surface area contributed by atoms with Crippen LogP contribution >= 0.6 is 0 Å². The van der Waals surface area contributed by atoms with E-state index >= 15 is 0 Å². The molecule has 0 unspecified atom stereocenters. The van der Waals surface area contributed by atoms with E-state index in [0.717, 1.165) is 6.08 Å². The van der Waals surface area contributed by atoms with Crippen molar-refractivity contribution in [2.45, 2.75) is 9.99 Å². The van der Waals surface area contributed by atoms with Crippen LogP contribution in [-0.4, -0.2) is 14.2 Å². The number of furan rings is 1. The van der Waals surface area contributed by atoms with Gasteiger partial charge in [0.05, 0.1) is 10.5 Å². The van der Waals surface area contributed by atoms with E-state index in [-0.39, 0.29) is 27.1 Å². The molecule has 0 bridgehead atoms. The van der Waals surface area contributed by atoms with Gasteiger partial charge in [0.15, 0.2) is 5.78 Å². The lowest BCUT2D eigenvalue weighted by atomic mass is 10.1. The van der Waals surface area contributed by atoms with E-state index in [2.05, 4.69) is 0 Å². The number of sulfone groups is 1. The standard InChI is InChI=1S/C20H13NO4S/c21-14-16(13-18(22)15-7-3-1-4-8-15)19-11-12-20(25-19)26(23,24)17-9-5-2-6-10-17/h1-13H/b16-13-. The summed E-state index contributed by atoms with van der Waals surface area (Å²) >= 11 is 0. The first-order valence-corrected chi connectivity index (χ1v) is 9.12. The van der Waals surface area contributed by atoms with E-state index in [1.807, 2.05) is 6.07 Å². The normalized spacial score (nSPS) is 11.7. The zero-order chi connectivity index (χ0) is 18.6. The summed E-state index contributed by atoms with van der Waals surface area (Å²) in [5.41, 5.74) is 0.373. The molecule has 1 heterocycles. The third-order valence-corrected chi connectivity index (χ3v) is 5.26. The highest BCUT2D eigenvalue weighted by molar-refractivity contribution is 7.91. The Morgan fingerprint density at radius 1 is 0.923 bits per heavy atom. The largest absolute Gasteiger partial charge is 0.444 e. The summed E-state index contributed by atoms with van der Waals surface area (Å²) < 4.78 is 30.4. The first-order valence-electron chi connectivity index (χ1n) is 7.64. The highest BCUT2D eigenvalue weighted by Gasteiger charge is 2.22. The fourth-order valence-corrected chi connectivity index (χ4v) is 3.49. The van der Waals surface area contributed by atoms with Gasteiger partial charge in [-0.1, -0.05) is 48.5 Å². The van der Waals surface area contributed by atoms with E-state index in [0.29, 0.717) is 5.56 Å².